The van der Waals surface area contributed by atoms with Crippen LogP contribution < -0.4 is 5.32 Å². The number of anilines is 1. The number of halogens is 2. The Bertz CT molecular complexity index is 1090. The molecule has 4 rings (SSSR count). The van der Waals surface area contributed by atoms with Gasteiger partial charge in [0.2, 0.25) is 5.91 Å². The summed E-state index contributed by atoms with van der Waals surface area (Å²) < 4.78 is 1.71. The standard InChI is InChI=1S/C23H23Cl2N5O2/c24-19-7-5-17(6-8-19)23(32)29-13-11-28(12-14-29)16-22(31)27-21-9-10-26-30(21)15-18-3-1-2-4-20(18)25/h1-10H,11-16H2,(H,27,31). The lowest BCUT2D eigenvalue weighted by molar-refractivity contribution is -0.117. The molecule has 1 saturated heterocycles. The van der Waals surface area contributed by atoms with Crippen LogP contribution in [0.4, 0.5) is 5.82 Å². The highest BCUT2D eigenvalue weighted by Crippen LogP contribution is 2.18. The summed E-state index contributed by atoms with van der Waals surface area (Å²) in [6.07, 6.45) is 1.65. The van der Waals surface area contributed by atoms with Crippen molar-refractivity contribution in [2.45, 2.75) is 6.54 Å². The Hall–Kier alpha value is -2.87. The molecule has 0 atom stereocenters. The number of amides is 2. The molecule has 166 valence electrons. The summed E-state index contributed by atoms with van der Waals surface area (Å²) in [5.41, 5.74) is 1.54. The van der Waals surface area contributed by atoms with Crippen molar-refractivity contribution in [1.82, 2.24) is 19.6 Å². The Morgan fingerprint density at radius 2 is 1.66 bits per heavy atom. The molecule has 0 bridgehead atoms. The zero-order chi connectivity index (χ0) is 22.5. The van der Waals surface area contributed by atoms with E-state index in [1.54, 1.807) is 46.1 Å². The average molecular weight is 472 g/mol. The molecule has 1 fully saturated rings. The van der Waals surface area contributed by atoms with Crippen LogP contribution >= 0.6 is 23.2 Å². The van der Waals surface area contributed by atoms with Crippen LogP contribution in [0, 0.1) is 0 Å². The van der Waals surface area contributed by atoms with Crippen molar-refractivity contribution in [2.24, 2.45) is 0 Å². The van der Waals surface area contributed by atoms with Crippen LogP contribution in [-0.2, 0) is 11.3 Å². The lowest BCUT2D eigenvalue weighted by atomic mass is 10.2. The minimum atomic E-state index is -0.122. The first-order valence-corrected chi connectivity index (χ1v) is 11.1. The summed E-state index contributed by atoms with van der Waals surface area (Å²) in [6, 6.07) is 16.2. The zero-order valence-electron chi connectivity index (χ0n) is 17.4. The molecule has 0 saturated carbocycles. The predicted octanol–water partition coefficient (Wildman–Crippen LogP) is 3.63. The van der Waals surface area contributed by atoms with Gasteiger partial charge in [-0.3, -0.25) is 14.5 Å². The summed E-state index contributed by atoms with van der Waals surface area (Å²) in [5, 5.41) is 8.48. The quantitative estimate of drug-likeness (QED) is 0.595. The second-order valence-corrected chi connectivity index (χ2v) is 8.43. The van der Waals surface area contributed by atoms with Gasteiger partial charge < -0.3 is 10.2 Å². The number of hydrogen-bond acceptors (Lipinski definition) is 4. The Labute approximate surface area is 196 Å². The molecule has 0 unspecified atom stereocenters. The lowest BCUT2D eigenvalue weighted by Crippen LogP contribution is -2.50. The number of carbonyl (C=O) groups is 2. The third kappa shape index (κ3) is 5.48. The Balaban J connectivity index is 1.28. The maximum Gasteiger partial charge on any atom is 0.253 e. The first kappa shape index (κ1) is 22.3. The van der Waals surface area contributed by atoms with E-state index in [1.165, 1.54) is 0 Å². The van der Waals surface area contributed by atoms with E-state index in [1.807, 2.05) is 29.2 Å². The molecule has 32 heavy (non-hydrogen) atoms. The van der Waals surface area contributed by atoms with Gasteiger partial charge in [-0.25, -0.2) is 4.68 Å². The number of carbonyl (C=O) groups excluding carboxylic acids is 2. The molecule has 1 N–H and O–H groups in total. The maximum atomic E-state index is 12.6. The van der Waals surface area contributed by atoms with Crippen molar-refractivity contribution >= 4 is 40.8 Å². The maximum absolute atomic E-state index is 12.6. The van der Waals surface area contributed by atoms with Gasteiger partial charge >= 0.3 is 0 Å². The smallest absolute Gasteiger partial charge is 0.253 e. The Morgan fingerprint density at radius 3 is 2.38 bits per heavy atom. The molecule has 0 spiro atoms. The molecule has 0 radical (unpaired) electrons. The Kier molecular flexibility index (Phi) is 7.09. The molecule has 3 aromatic rings. The molecular weight excluding hydrogens is 449 g/mol. The second-order valence-electron chi connectivity index (χ2n) is 7.59. The molecule has 9 heteroatoms. The molecule has 7 nitrogen and oxygen atoms in total. The van der Waals surface area contributed by atoms with E-state index in [-0.39, 0.29) is 18.4 Å². The third-order valence-electron chi connectivity index (χ3n) is 5.38. The average Bonchev–Trinajstić information content (AvgIpc) is 3.22. The molecule has 2 aromatic carbocycles. The fourth-order valence-electron chi connectivity index (χ4n) is 3.62. The first-order valence-electron chi connectivity index (χ1n) is 10.3. The SMILES string of the molecule is O=C(CN1CCN(C(=O)c2ccc(Cl)cc2)CC1)Nc1ccnn1Cc1ccccc1Cl. The van der Waals surface area contributed by atoms with E-state index in [2.05, 4.69) is 10.4 Å². The van der Waals surface area contributed by atoms with Crippen LogP contribution in [-0.4, -0.2) is 64.1 Å². The number of nitrogens with zero attached hydrogens (tertiary/aromatic N) is 4. The minimum Gasteiger partial charge on any atom is -0.336 e. The van der Waals surface area contributed by atoms with E-state index in [9.17, 15) is 9.59 Å². The van der Waals surface area contributed by atoms with E-state index in [4.69, 9.17) is 23.2 Å². The van der Waals surface area contributed by atoms with Gasteiger partial charge in [-0.2, -0.15) is 5.10 Å². The van der Waals surface area contributed by atoms with Crippen molar-refractivity contribution in [2.75, 3.05) is 38.0 Å². The summed E-state index contributed by atoms with van der Waals surface area (Å²) >= 11 is 12.1. The summed E-state index contributed by atoms with van der Waals surface area (Å²) in [7, 11) is 0. The highest BCUT2D eigenvalue weighted by atomic mass is 35.5. The van der Waals surface area contributed by atoms with Crippen LogP contribution in [0.15, 0.2) is 60.8 Å². The van der Waals surface area contributed by atoms with E-state index < -0.39 is 0 Å². The molecular formula is C23H23Cl2N5O2. The van der Waals surface area contributed by atoms with E-state index in [0.29, 0.717) is 54.2 Å². The van der Waals surface area contributed by atoms with Gasteiger partial charge in [0.05, 0.1) is 19.3 Å². The summed E-state index contributed by atoms with van der Waals surface area (Å²) in [4.78, 5) is 29.1. The predicted molar refractivity (Wildman–Crippen MR) is 125 cm³/mol. The summed E-state index contributed by atoms with van der Waals surface area (Å²) in [6.45, 7) is 3.11. The van der Waals surface area contributed by atoms with Crippen molar-refractivity contribution in [3.05, 3.63) is 82.0 Å². The molecule has 2 amide bonds. The lowest BCUT2D eigenvalue weighted by Gasteiger charge is -2.34. The largest absolute Gasteiger partial charge is 0.336 e. The van der Waals surface area contributed by atoms with Gasteiger partial charge in [-0.1, -0.05) is 41.4 Å². The fraction of sp³-hybridized carbons (Fsp3) is 0.261. The van der Waals surface area contributed by atoms with Crippen LogP contribution in [0.25, 0.3) is 0 Å². The summed E-state index contributed by atoms with van der Waals surface area (Å²) in [5.74, 6) is 0.476. The van der Waals surface area contributed by atoms with Crippen molar-refractivity contribution in [3.63, 3.8) is 0 Å². The number of rotatable bonds is 6. The molecule has 1 aromatic heterocycles. The number of aromatic nitrogens is 2. The number of hydrogen-bond donors (Lipinski definition) is 1. The number of nitrogens with one attached hydrogen (secondary N) is 1. The second kappa shape index (κ2) is 10.2. The third-order valence-corrected chi connectivity index (χ3v) is 6.00. The van der Waals surface area contributed by atoms with Gasteiger partial charge in [0.1, 0.15) is 5.82 Å². The van der Waals surface area contributed by atoms with Gasteiger partial charge in [-0.15, -0.1) is 0 Å². The zero-order valence-corrected chi connectivity index (χ0v) is 18.9. The van der Waals surface area contributed by atoms with Gasteiger partial charge in [0.25, 0.3) is 5.91 Å². The van der Waals surface area contributed by atoms with Crippen LogP contribution in [0.5, 0.6) is 0 Å². The Morgan fingerprint density at radius 1 is 0.938 bits per heavy atom. The van der Waals surface area contributed by atoms with Crippen molar-refractivity contribution in [3.8, 4) is 0 Å². The van der Waals surface area contributed by atoms with Crippen LogP contribution in [0.1, 0.15) is 15.9 Å². The monoisotopic (exact) mass is 471 g/mol. The van der Waals surface area contributed by atoms with Crippen LogP contribution in [0.2, 0.25) is 10.0 Å². The molecule has 0 aliphatic carbocycles. The van der Waals surface area contributed by atoms with Gasteiger partial charge in [0, 0.05) is 47.9 Å². The first-order chi connectivity index (χ1) is 15.5. The molecule has 1 aliphatic heterocycles. The van der Waals surface area contributed by atoms with Crippen molar-refractivity contribution < 1.29 is 9.59 Å². The van der Waals surface area contributed by atoms with Gasteiger partial charge in [-0.05, 0) is 35.9 Å². The normalized spacial score (nSPS) is 14.4. The number of benzene rings is 2. The highest BCUT2D eigenvalue weighted by molar-refractivity contribution is 6.31. The van der Waals surface area contributed by atoms with Gasteiger partial charge in [0.15, 0.2) is 0 Å². The highest BCUT2D eigenvalue weighted by Gasteiger charge is 2.23. The number of piperazine rings is 1. The topological polar surface area (TPSA) is 70.5 Å². The molecule has 2 heterocycles. The molecule has 1 aliphatic rings. The van der Waals surface area contributed by atoms with Crippen molar-refractivity contribution in [1.29, 1.82) is 0 Å². The minimum absolute atomic E-state index is 0.0192. The van der Waals surface area contributed by atoms with E-state index in [0.717, 1.165) is 5.56 Å². The fourth-order valence-corrected chi connectivity index (χ4v) is 3.94. The van der Waals surface area contributed by atoms with Crippen LogP contribution in [0.3, 0.4) is 0 Å². The van der Waals surface area contributed by atoms with E-state index >= 15 is 0 Å².